The van der Waals surface area contributed by atoms with Crippen LogP contribution >= 0.6 is 0 Å². The van der Waals surface area contributed by atoms with Gasteiger partial charge in [0.1, 0.15) is 10.7 Å². The number of sulfonamides is 1. The third-order valence-corrected chi connectivity index (χ3v) is 4.56. The zero-order chi connectivity index (χ0) is 13.9. The van der Waals surface area contributed by atoms with Crippen LogP contribution in [0.25, 0.3) is 0 Å². The lowest BCUT2D eigenvalue weighted by molar-refractivity contribution is 0.0661. The molecular weight excluding hydrogens is 258 g/mol. The summed E-state index contributed by atoms with van der Waals surface area (Å²) in [5.74, 6) is -1.55. The predicted octanol–water partition coefficient (Wildman–Crippen LogP) is 1.71. The Balaban J connectivity index is 3.08. The van der Waals surface area contributed by atoms with Crippen molar-refractivity contribution in [1.82, 2.24) is 4.31 Å². The average molecular weight is 275 g/mol. The molecule has 0 bridgehead atoms. The minimum atomic E-state index is -3.68. The molecule has 0 amide bonds. The molecule has 0 spiro atoms. The summed E-state index contributed by atoms with van der Waals surface area (Å²) in [6.07, 6.45) is 1.63. The largest absolute Gasteiger partial charge is 0.475 e. The number of unbranched alkanes of at least 4 members (excludes halogenated alkanes) is 1. The van der Waals surface area contributed by atoms with Gasteiger partial charge in [-0.1, -0.05) is 13.3 Å². The number of carboxylic acid groups (broad SMARTS) is 1. The summed E-state index contributed by atoms with van der Waals surface area (Å²) in [6, 6.07) is 1.05. The van der Waals surface area contributed by atoms with Crippen molar-refractivity contribution in [3.63, 3.8) is 0 Å². The van der Waals surface area contributed by atoms with Crippen LogP contribution < -0.4 is 0 Å². The minimum Gasteiger partial charge on any atom is -0.475 e. The second kappa shape index (κ2) is 5.53. The molecule has 1 rings (SSSR count). The van der Waals surface area contributed by atoms with Gasteiger partial charge >= 0.3 is 5.97 Å². The third-order valence-electron chi connectivity index (χ3n) is 2.60. The van der Waals surface area contributed by atoms with Gasteiger partial charge in [-0.3, -0.25) is 0 Å². The highest BCUT2D eigenvalue weighted by atomic mass is 32.2. The van der Waals surface area contributed by atoms with Gasteiger partial charge in [-0.25, -0.2) is 17.5 Å². The fraction of sp³-hybridized carbons (Fsp3) is 0.545. The van der Waals surface area contributed by atoms with Crippen LogP contribution in [-0.4, -0.2) is 37.4 Å². The second-order valence-electron chi connectivity index (χ2n) is 4.02. The van der Waals surface area contributed by atoms with Gasteiger partial charge in [-0.2, -0.15) is 0 Å². The predicted molar refractivity (Wildman–Crippen MR) is 65.1 cm³/mol. The van der Waals surface area contributed by atoms with Gasteiger partial charge in [0.2, 0.25) is 15.8 Å². The number of hydrogen-bond donors (Lipinski definition) is 1. The van der Waals surface area contributed by atoms with Crippen molar-refractivity contribution < 1.29 is 22.7 Å². The molecule has 0 unspecified atom stereocenters. The number of carbonyl (C=O) groups is 1. The first-order chi connectivity index (χ1) is 8.30. The van der Waals surface area contributed by atoms with Crippen molar-refractivity contribution in [2.75, 3.05) is 13.6 Å². The molecule has 0 saturated heterocycles. The zero-order valence-corrected chi connectivity index (χ0v) is 11.5. The number of aryl methyl sites for hydroxylation is 1. The van der Waals surface area contributed by atoms with E-state index in [1.54, 1.807) is 0 Å². The fourth-order valence-corrected chi connectivity index (χ4v) is 2.86. The fourth-order valence-electron chi connectivity index (χ4n) is 1.50. The standard InChI is InChI=1S/C11H17NO5S/c1-4-5-6-12(3)18(15,16)10-7-9(11(13)14)17-8(10)2/h7H,4-6H2,1-3H3,(H,13,14). The monoisotopic (exact) mass is 275 g/mol. The van der Waals surface area contributed by atoms with Gasteiger partial charge in [0.15, 0.2) is 0 Å². The van der Waals surface area contributed by atoms with Crippen LogP contribution in [0.1, 0.15) is 36.1 Å². The van der Waals surface area contributed by atoms with E-state index in [4.69, 9.17) is 9.52 Å². The summed E-state index contributed by atoms with van der Waals surface area (Å²) < 4.78 is 30.5. The molecule has 7 heteroatoms. The lowest BCUT2D eigenvalue weighted by Gasteiger charge is -2.15. The number of rotatable bonds is 6. The first kappa shape index (κ1) is 14.7. The molecule has 102 valence electrons. The number of nitrogens with zero attached hydrogens (tertiary/aromatic N) is 1. The van der Waals surface area contributed by atoms with Crippen molar-refractivity contribution in [2.24, 2.45) is 0 Å². The summed E-state index contributed by atoms with van der Waals surface area (Å²) in [7, 11) is -2.21. The number of hydrogen-bond acceptors (Lipinski definition) is 4. The van der Waals surface area contributed by atoms with Crippen molar-refractivity contribution in [3.8, 4) is 0 Å². The van der Waals surface area contributed by atoms with Crippen LogP contribution in [0.2, 0.25) is 0 Å². The van der Waals surface area contributed by atoms with Gasteiger partial charge in [-0.15, -0.1) is 0 Å². The maximum absolute atomic E-state index is 12.2. The van der Waals surface area contributed by atoms with Gasteiger partial charge in [-0.05, 0) is 13.3 Å². The molecule has 1 aromatic heterocycles. The normalized spacial score (nSPS) is 12.0. The van der Waals surface area contributed by atoms with E-state index in [2.05, 4.69) is 0 Å². The van der Waals surface area contributed by atoms with Crippen molar-refractivity contribution in [2.45, 2.75) is 31.6 Å². The van der Waals surface area contributed by atoms with Crippen LogP contribution in [0.15, 0.2) is 15.4 Å². The highest BCUT2D eigenvalue weighted by Crippen LogP contribution is 2.23. The molecule has 1 N–H and O–H groups in total. The van der Waals surface area contributed by atoms with Gasteiger partial charge in [0.25, 0.3) is 0 Å². The van der Waals surface area contributed by atoms with Crippen LogP contribution in [-0.2, 0) is 10.0 Å². The first-order valence-electron chi connectivity index (χ1n) is 5.60. The lowest BCUT2D eigenvalue weighted by atomic mass is 10.3. The van der Waals surface area contributed by atoms with Crippen molar-refractivity contribution in [3.05, 3.63) is 17.6 Å². The van der Waals surface area contributed by atoms with E-state index >= 15 is 0 Å². The molecule has 0 fully saturated rings. The van der Waals surface area contributed by atoms with Crippen LogP contribution in [0.5, 0.6) is 0 Å². The van der Waals surface area contributed by atoms with Gasteiger partial charge < -0.3 is 9.52 Å². The molecule has 1 aromatic rings. The summed E-state index contributed by atoms with van der Waals surface area (Å²) >= 11 is 0. The number of aromatic carboxylic acids is 1. The van der Waals surface area contributed by atoms with E-state index in [-0.39, 0.29) is 16.4 Å². The van der Waals surface area contributed by atoms with E-state index in [0.29, 0.717) is 6.54 Å². The molecule has 6 nitrogen and oxygen atoms in total. The van der Waals surface area contributed by atoms with Crippen LogP contribution in [0.4, 0.5) is 0 Å². The van der Waals surface area contributed by atoms with E-state index in [0.717, 1.165) is 18.9 Å². The Bertz CT molecular complexity index is 532. The third kappa shape index (κ3) is 2.91. The highest BCUT2D eigenvalue weighted by Gasteiger charge is 2.27. The second-order valence-corrected chi connectivity index (χ2v) is 6.03. The Morgan fingerprint density at radius 1 is 1.50 bits per heavy atom. The molecule has 0 aliphatic carbocycles. The molecule has 0 aliphatic rings. The van der Waals surface area contributed by atoms with Gasteiger partial charge in [0, 0.05) is 19.7 Å². The highest BCUT2D eigenvalue weighted by molar-refractivity contribution is 7.89. The first-order valence-corrected chi connectivity index (χ1v) is 7.04. The molecule has 0 radical (unpaired) electrons. The number of furan rings is 1. The topological polar surface area (TPSA) is 87.8 Å². The molecule has 0 aromatic carbocycles. The van der Waals surface area contributed by atoms with Gasteiger partial charge in [0.05, 0.1) is 0 Å². The van der Waals surface area contributed by atoms with Crippen LogP contribution in [0.3, 0.4) is 0 Å². The summed E-state index contributed by atoms with van der Waals surface area (Å²) in [5.41, 5.74) is 0. The van der Waals surface area contributed by atoms with E-state index in [1.807, 2.05) is 6.92 Å². The Morgan fingerprint density at radius 3 is 2.56 bits per heavy atom. The average Bonchev–Trinajstić information content (AvgIpc) is 2.68. The molecule has 18 heavy (non-hydrogen) atoms. The molecule has 0 aliphatic heterocycles. The van der Waals surface area contributed by atoms with Crippen molar-refractivity contribution in [1.29, 1.82) is 0 Å². The molecule has 0 saturated carbocycles. The van der Waals surface area contributed by atoms with E-state index in [9.17, 15) is 13.2 Å². The smallest absolute Gasteiger partial charge is 0.371 e. The van der Waals surface area contributed by atoms with E-state index in [1.165, 1.54) is 18.3 Å². The zero-order valence-electron chi connectivity index (χ0n) is 10.6. The molecule has 0 atom stereocenters. The summed E-state index contributed by atoms with van der Waals surface area (Å²) in [4.78, 5) is 10.6. The Kier molecular flexibility index (Phi) is 4.53. The Hall–Kier alpha value is -1.34. The minimum absolute atomic E-state index is 0.0847. The maximum Gasteiger partial charge on any atom is 0.371 e. The lowest BCUT2D eigenvalue weighted by Crippen LogP contribution is -2.28. The summed E-state index contributed by atoms with van der Waals surface area (Å²) in [6.45, 7) is 3.80. The molecular formula is C11H17NO5S. The SMILES string of the molecule is CCCCN(C)S(=O)(=O)c1cc(C(=O)O)oc1C. The maximum atomic E-state index is 12.2. The quantitative estimate of drug-likeness (QED) is 0.853. The Morgan fingerprint density at radius 2 is 2.11 bits per heavy atom. The number of carboxylic acids is 1. The Labute approximate surface area is 106 Å². The van der Waals surface area contributed by atoms with Crippen LogP contribution in [0, 0.1) is 6.92 Å². The van der Waals surface area contributed by atoms with Crippen molar-refractivity contribution >= 4 is 16.0 Å². The van der Waals surface area contributed by atoms with E-state index < -0.39 is 16.0 Å². The summed E-state index contributed by atoms with van der Waals surface area (Å²) in [5, 5.41) is 8.77. The molecule has 1 heterocycles.